The van der Waals surface area contributed by atoms with Gasteiger partial charge in [0.25, 0.3) is 0 Å². The first-order valence-corrected chi connectivity index (χ1v) is 23.9. The number of fused-ring (bicyclic) bond motifs is 4. The van der Waals surface area contributed by atoms with Crippen molar-refractivity contribution in [2.24, 2.45) is 53.3 Å². The summed E-state index contributed by atoms with van der Waals surface area (Å²) in [6, 6.07) is 18.1. The fourth-order valence-corrected chi connectivity index (χ4v) is 14.2. The van der Waals surface area contributed by atoms with Gasteiger partial charge in [-0.1, -0.05) is 64.1 Å². The maximum absolute atomic E-state index is 14.8. The lowest BCUT2D eigenvalue weighted by Crippen LogP contribution is -2.70. The molecule has 10 aliphatic rings. The minimum absolute atomic E-state index is 0.0761. The predicted octanol–water partition coefficient (Wildman–Crippen LogP) is 10.2. The standard InChI is InChI=1S/C46H63O12P/c1-28-17-19-37-30(3)39(49-41-45(37)35(28)21-23-43(5,51-41)55-57-45)25-32(27-48-59(47,53-33-13-9-7-10-14-33)54-34-15-11-8-12-16-34)26-40-31(4)38-20-18-29(2)36-22-24-44(6)52-42(50-40)46(36,38)58-56-44/h7-16,28-32,35-42H,17-27H2,1-6H3/t28-,29-,30-,31-,32?,35+,36+,37+,38+,39-,40-,41-,42-,43?,44?,45-,46-/m1/s1. The van der Waals surface area contributed by atoms with Gasteiger partial charge in [-0.3, -0.25) is 4.52 Å². The molecule has 12 nitrogen and oxygen atoms in total. The molecule has 2 saturated carbocycles. The van der Waals surface area contributed by atoms with E-state index in [-0.39, 0.29) is 60.2 Å². The molecule has 13 heteroatoms. The first-order valence-electron chi connectivity index (χ1n) is 22.5. The molecule has 0 N–H and O–H groups in total. The molecular weight excluding hydrogens is 775 g/mol. The number of rotatable bonds is 11. The maximum atomic E-state index is 14.8. The summed E-state index contributed by atoms with van der Waals surface area (Å²) in [5.74, 6) is 0.880. The predicted molar refractivity (Wildman–Crippen MR) is 214 cm³/mol. The van der Waals surface area contributed by atoms with Gasteiger partial charge in [0.15, 0.2) is 23.8 Å². The van der Waals surface area contributed by atoms with Crippen LogP contribution in [-0.4, -0.2) is 54.2 Å². The van der Waals surface area contributed by atoms with Gasteiger partial charge >= 0.3 is 7.82 Å². The number of benzene rings is 2. The summed E-state index contributed by atoms with van der Waals surface area (Å²) in [5.41, 5.74) is -1.34. The van der Waals surface area contributed by atoms with Crippen molar-refractivity contribution in [3.63, 3.8) is 0 Å². The molecule has 12 rings (SSSR count). The van der Waals surface area contributed by atoms with Gasteiger partial charge in [-0.15, -0.1) is 0 Å². The third-order valence-electron chi connectivity index (χ3n) is 16.1. The van der Waals surface area contributed by atoms with Crippen molar-refractivity contribution in [1.29, 1.82) is 0 Å². The van der Waals surface area contributed by atoms with Crippen molar-refractivity contribution in [3.05, 3.63) is 60.7 Å². The second-order valence-corrected chi connectivity index (χ2v) is 21.3. The van der Waals surface area contributed by atoms with E-state index in [1.54, 1.807) is 24.3 Å². The summed E-state index contributed by atoms with van der Waals surface area (Å²) < 4.78 is 61.3. The Balaban J connectivity index is 0.963. The van der Waals surface area contributed by atoms with E-state index >= 15 is 0 Å². The summed E-state index contributed by atoms with van der Waals surface area (Å²) in [6.07, 6.45) is 7.31. The zero-order chi connectivity index (χ0) is 40.8. The lowest BCUT2D eigenvalue weighted by atomic mass is 9.56. The minimum atomic E-state index is -4.20. The fourth-order valence-electron chi connectivity index (χ4n) is 12.9. The molecule has 8 saturated heterocycles. The van der Waals surface area contributed by atoms with Crippen LogP contribution in [-0.2, 0) is 47.6 Å². The Morgan fingerprint density at radius 2 is 1.05 bits per heavy atom. The van der Waals surface area contributed by atoms with Crippen molar-refractivity contribution >= 4 is 7.82 Å². The number of ether oxygens (including phenoxy) is 4. The number of para-hydroxylation sites is 2. The SMILES string of the molecule is C[C@H]1[C@@H](CC(COP(=O)(Oc2ccccc2)Oc2ccccc2)C[C@H]2O[C@@H]3OC4(C)CC[C@H]5[C@H](C)CC[C@@H]([C@H]2C)[C@@]35OO4)O[C@@H]2OC3(C)CC[C@H]4[C@H](C)CC[C@@H]1[C@@]24OO3. The quantitative estimate of drug-likeness (QED) is 0.158. The van der Waals surface area contributed by atoms with Gasteiger partial charge in [0.1, 0.15) is 11.5 Å². The number of phosphoric acid groups is 1. The third-order valence-corrected chi connectivity index (χ3v) is 17.4. The lowest BCUT2D eigenvalue weighted by molar-refractivity contribution is -0.571. The van der Waals surface area contributed by atoms with E-state index in [1.807, 2.05) is 50.2 Å². The fraction of sp³-hybridized carbons (Fsp3) is 0.739. The van der Waals surface area contributed by atoms with Gasteiger partial charge < -0.3 is 28.0 Å². The Hall–Kier alpha value is -2.09. The molecule has 2 unspecified atom stereocenters. The molecule has 0 radical (unpaired) electrons. The van der Waals surface area contributed by atoms with Crippen LogP contribution in [0.1, 0.15) is 106 Å². The molecule has 59 heavy (non-hydrogen) atoms. The van der Waals surface area contributed by atoms with Gasteiger partial charge in [-0.05, 0) is 131 Å². The van der Waals surface area contributed by atoms with Crippen molar-refractivity contribution in [2.75, 3.05) is 6.61 Å². The average molecular weight is 839 g/mol. The van der Waals surface area contributed by atoms with E-state index in [2.05, 4.69) is 27.7 Å². The van der Waals surface area contributed by atoms with Gasteiger partial charge in [0, 0.05) is 24.7 Å². The summed E-state index contributed by atoms with van der Waals surface area (Å²) in [7, 11) is -4.20. The van der Waals surface area contributed by atoms with Gasteiger partial charge in [-0.2, -0.15) is 0 Å². The highest BCUT2D eigenvalue weighted by atomic mass is 31.2. The molecule has 16 atom stereocenters. The number of hydrogen-bond acceptors (Lipinski definition) is 12. The molecule has 2 aromatic carbocycles. The molecule has 0 aromatic heterocycles. The summed E-state index contributed by atoms with van der Waals surface area (Å²) >= 11 is 0. The molecule has 8 heterocycles. The lowest BCUT2D eigenvalue weighted by Gasteiger charge is -2.61. The topological polar surface area (TPSA) is 119 Å². The van der Waals surface area contributed by atoms with Crippen LogP contribution in [0.5, 0.6) is 11.5 Å². The largest absolute Gasteiger partial charge is 0.587 e. The molecule has 10 fully saturated rings. The normalized spacial score (nSPS) is 46.6. The van der Waals surface area contributed by atoms with Crippen LogP contribution in [0, 0.1) is 53.3 Å². The van der Waals surface area contributed by atoms with E-state index in [9.17, 15) is 4.57 Å². The van der Waals surface area contributed by atoms with Crippen LogP contribution >= 0.6 is 7.82 Å². The molecule has 4 bridgehead atoms. The zero-order valence-electron chi connectivity index (χ0n) is 35.4. The Bertz CT molecular complexity index is 1730. The van der Waals surface area contributed by atoms with E-state index in [0.717, 1.165) is 51.4 Å². The summed E-state index contributed by atoms with van der Waals surface area (Å²) in [5, 5.41) is 0. The molecule has 324 valence electrons. The zero-order valence-corrected chi connectivity index (χ0v) is 36.3. The van der Waals surface area contributed by atoms with Crippen molar-refractivity contribution in [1.82, 2.24) is 0 Å². The monoisotopic (exact) mass is 838 g/mol. The van der Waals surface area contributed by atoms with E-state index < -0.39 is 43.2 Å². The van der Waals surface area contributed by atoms with Crippen LogP contribution in [0.2, 0.25) is 0 Å². The van der Waals surface area contributed by atoms with Gasteiger partial charge in [0.2, 0.25) is 11.6 Å². The van der Waals surface area contributed by atoms with Gasteiger partial charge in [0.05, 0.1) is 18.8 Å². The number of phosphoric ester groups is 1. The first kappa shape index (κ1) is 41.0. The second-order valence-electron chi connectivity index (χ2n) is 19.8. The molecular formula is C46H63O12P. The Kier molecular flexibility index (Phi) is 10.6. The van der Waals surface area contributed by atoms with Gasteiger partial charge in [-0.25, -0.2) is 24.1 Å². The van der Waals surface area contributed by atoms with Crippen LogP contribution < -0.4 is 9.05 Å². The Morgan fingerprint density at radius 3 is 1.49 bits per heavy atom. The summed E-state index contributed by atoms with van der Waals surface area (Å²) in [4.78, 5) is 25.2. The molecule has 8 aliphatic heterocycles. The molecule has 0 amide bonds. The van der Waals surface area contributed by atoms with E-state index in [1.165, 1.54) is 0 Å². The average Bonchev–Trinajstić information content (AvgIpc) is 3.59. The van der Waals surface area contributed by atoms with Crippen LogP contribution in [0.25, 0.3) is 0 Å². The van der Waals surface area contributed by atoms with E-state index in [4.69, 9.17) is 52.1 Å². The smallest absolute Gasteiger partial charge is 0.395 e. The van der Waals surface area contributed by atoms with Crippen LogP contribution in [0.3, 0.4) is 0 Å². The van der Waals surface area contributed by atoms with Crippen molar-refractivity contribution < 1.29 is 56.6 Å². The Morgan fingerprint density at radius 1 is 0.610 bits per heavy atom. The molecule has 2 aromatic rings. The van der Waals surface area contributed by atoms with Crippen molar-refractivity contribution in [2.45, 2.75) is 153 Å². The highest BCUT2D eigenvalue weighted by Crippen LogP contribution is 2.63. The highest BCUT2D eigenvalue weighted by Gasteiger charge is 2.71. The molecule has 2 spiro atoms. The van der Waals surface area contributed by atoms with E-state index in [0.29, 0.717) is 36.2 Å². The second kappa shape index (κ2) is 15.3. The molecule has 2 aliphatic carbocycles. The summed E-state index contributed by atoms with van der Waals surface area (Å²) in [6.45, 7) is 13.2. The maximum Gasteiger partial charge on any atom is 0.587 e. The first-order chi connectivity index (χ1) is 28.3. The highest BCUT2D eigenvalue weighted by molar-refractivity contribution is 7.49. The third kappa shape index (κ3) is 7.04. The minimum Gasteiger partial charge on any atom is -0.395 e. The Labute approximate surface area is 349 Å². The van der Waals surface area contributed by atoms with Crippen LogP contribution in [0.15, 0.2) is 60.7 Å². The van der Waals surface area contributed by atoms with Crippen molar-refractivity contribution in [3.8, 4) is 11.5 Å². The number of hydrogen-bond donors (Lipinski definition) is 0. The van der Waals surface area contributed by atoms with Crippen LogP contribution in [0.4, 0.5) is 0 Å².